The zero-order chi connectivity index (χ0) is 20.1. The topological polar surface area (TPSA) is 60.8 Å². The average molecular weight is 403 g/mol. The van der Waals surface area contributed by atoms with Crippen LogP contribution >= 0.6 is 11.6 Å². The number of hydrogen-bond donors (Lipinski definition) is 0. The van der Waals surface area contributed by atoms with Gasteiger partial charge in [-0.3, -0.25) is 9.97 Å². The number of halogens is 1. The lowest BCUT2D eigenvalue weighted by molar-refractivity contribution is 0.395. The minimum absolute atomic E-state index is 0.0736. The zero-order valence-corrected chi connectivity index (χ0v) is 16.6. The van der Waals surface area contributed by atoms with Crippen molar-refractivity contribution in [2.75, 3.05) is 7.11 Å². The lowest BCUT2D eigenvalue weighted by atomic mass is 9.76. The summed E-state index contributed by atoms with van der Waals surface area (Å²) in [7, 11) is 1.62. The molecule has 0 aromatic carbocycles. The van der Waals surface area contributed by atoms with E-state index < -0.39 is 0 Å². The van der Waals surface area contributed by atoms with Crippen molar-refractivity contribution in [1.29, 1.82) is 0 Å². The maximum atomic E-state index is 6.25. The van der Waals surface area contributed by atoms with Crippen LogP contribution in [0.3, 0.4) is 0 Å². The number of nitrogens with zero attached hydrogens (tertiary/aromatic N) is 4. The second kappa shape index (κ2) is 8.80. The second-order valence-electron chi connectivity index (χ2n) is 6.54. The van der Waals surface area contributed by atoms with Crippen LogP contribution in [0.4, 0.5) is 0 Å². The summed E-state index contributed by atoms with van der Waals surface area (Å²) in [6, 6.07) is 17.7. The summed E-state index contributed by atoms with van der Waals surface area (Å²) >= 11 is 6.25. The maximum absolute atomic E-state index is 6.25. The van der Waals surface area contributed by atoms with Gasteiger partial charge in [-0.15, -0.1) is 0 Å². The monoisotopic (exact) mass is 402 g/mol. The highest BCUT2D eigenvalue weighted by molar-refractivity contribution is 6.29. The first-order valence-corrected chi connectivity index (χ1v) is 9.56. The number of hydrogen-bond acceptors (Lipinski definition) is 5. The van der Waals surface area contributed by atoms with Gasteiger partial charge >= 0.3 is 0 Å². The summed E-state index contributed by atoms with van der Waals surface area (Å²) < 4.78 is 5.38. The molecule has 1 unspecified atom stereocenters. The van der Waals surface area contributed by atoms with Gasteiger partial charge in [0.05, 0.1) is 12.8 Å². The van der Waals surface area contributed by atoms with Crippen molar-refractivity contribution in [3.05, 3.63) is 113 Å². The van der Waals surface area contributed by atoms with Crippen molar-refractivity contribution in [1.82, 2.24) is 19.9 Å². The van der Waals surface area contributed by atoms with Crippen LogP contribution in [0.1, 0.15) is 34.2 Å². The van der Waals surface area contributed by atoms with Crippen molar-refractivity contribution < 1.29 is 4.74 Å². The Bertz CT molecular complexity index is 1040. The van der Waals surface area contributed by atoms with E-state index in [-0.39, 0.29) is 11.8 Å². The van der Waals surface area contributed by atoms with Crippen LogP contribution in [0.5, 0.6) is 5.88 Å². The predicted molar refractivity (Wildman–Crippen MR) is 112 cm³/mol. The lowest BCUT2D eigenvalue weighted by Crippen LogP contribution is -2.16. The van der Waals surface area contributed by atoms with Gasteiger partial charge in [-0.1, -0.05) is 29.8 Å². The third-order valence-electron chi connectivity index (χ3n) is 4.80. The molecule has 4 aromatic rings. The summed E-state index contributed by atoms with van der Waals surface area (Å²) in [5.41, 5.74) is 3.99. The number of ether oxygens (including phenoxy) is 1. The summed E-state index contributed by atoms with van der Waals surface area (Å²) in [5.74, 6) is 0.346. The molecule has 4 rings (SSSR count). The first kappa shape index (κ1) is 19.0. The second-order valence-corrected chi connectivity index (χ2v) is 6.93. The first-order chi connectivity index (χ1) is 14.3. The molecule has 1 atom stereocenters. The molecule has 5 nitrogen and oxygen atoms in total. The Morgan fingerprint density at radius 3 is 2.10 bits per heavy atom. The van der Waals surface area contributed by atoms with E-state index in [9.17, 15) is 0 Å². The third kappa shape index (κ3) is 4.25. The van der Waals surface area contributed by atoms with Crippen molar-refractivity contribution in [2.45, 2.75) is 11.8 Å². The highest BCUT2D eigenvalue weighted by Crippen LogP contribution is 2.42. The number of aromatic nitrogens is 4. The summed E-state index contributed by atoms with van der Waals surface area (Å²) in [5, 5.41) is 0.437. The fourth-order valence-electron chi connectivity index (χ4n) is 3.56. The van der Waals surface area contributed by atoms with Gasteiger partial charge in [0.15, 0.2) is 0 Å². The molecule has 0 radical (unpaired) electrons. The zero-order valence-electron chi connectivity index (χ0n) is 15.8. The first-order valence-electron chi connectivity index (χ1n) is 9.18. The smallest absolute Gasteiger partial charge is 0.213 e. The van der Waals surface area contributed by atoms with E-state index in [0.717, 1.165) is 22.4 Å². The fourth-order valence-corrected chi connectivity index (χ4v) is 3.74. The normalized spacial score (nSPS) is 12.0. The van der Waals surface area contributed by atoms with E-state index in [1.54, 1.807) is 25.7 Å². The largest absolute Gasteiger partial charge is 0.481 e. The Kier molecular flexibility index (Phi) is 5.77. The van der Waals surface area contributed by atoms with Crippen LogP contribution in [0, 0.1) is 0 Å². The minimum Gasteiger partial charge on any atom is -0.481 e. The number of rotatable bonds is 6. The molecule has 0 amide bonds. The molecule has 0 saturated heterocycles. The Balaban J connectivity index is 1.95. The van der Waals surface area contributed by atoms with Crippen LogP contribution in [0.15, 0.2) is 85.6 Å². The van der Waals surface area contributed by atoms with E-state index in [4.69, 9.17) is 21.3 Å². The Hall–Kier alpha value is -3.31. The quantitative estimate of drug-likeness (QED) is 0.429. The molecule has 0 spiro atoms. The van der Waals surface area contributed by atoms with E-state index in [2.05, 4.69) is 27.1 Å². The average Bonchev–Trinajstić information content (AvgIpc) is 2.78. The van der Waals surface area contributed by atoms with Gasteiger partial charge in [0.2, 0.25) is 5.88 Å². The Morgan fingerprint density at radius 1 is 0.793 bits per heavy atom. The molecule has 6 heteroatoms. The molecule has 4 aromatic heterocycles. The molecule has 0 saturated carbocycles. The molecule has 0 aliphatic carbocycles. The van der Waals surface area contributed by atoms with Gasteiger partial charge in [0, 0.05) is 48.9 Å². The molecule has 0 aliphatic rings. The van der Waals surface area contributed by atoms with E-state index in [1.165, 1.54) is 0 Å². The standard InChI is InChI=1S/C23H19ClN4O/c1-29-21-8-2-7-19(28-21)23(16-9-12-27-20(24)13-16)22(17-5-3-10-25-14-17)18-6-4-11-26-15-18/h2-15,22-23H,1H3. The van der Waals surface area contributed by atoms with Crippen LogP contribution in [0.25, 0.3) is 0 Å². The molecule has 29 heavy (non-hydrogen) atoms. The molecular weight excluding hydrogens is 384 g/mol. The minimum atomic E-state index is -0.140. The summed E-state index contributed by atoms with van der Waals surface area (Å²) in [6.45, 7) is 0. The van der Waals surface area contributed by atoms with Crippen LogP contribution in [0.2, 0.25) is 5.15 Å². The molecule has 0 fully saturated rings. The van der Waals surface area contributed by atoms with Gasteiger partial charge in [0.1, 0.15) is 5.15 Å². The lowest BCUT2D eigenvalue weighted by Gasteiger charge is -2.28. The summed E-state index contributed by atoms with van der Waals surface area (Å²) in [4.78, 5) is 17.6. The van der Waals surface area contributed by atoms with Crippen molar-refractivity contribution in [3.63, 3.8) is 0 Å². The van der Waals surface area contributed by atoms with Crippen LogP contribution < -0.4 is 4.74 Å². The van der Waals surface area contributed by atoms with E-state index >= 15 is 0 Å². The Labute approximate surface area is 174 Å². The maximum Gasteiger partial charge on any atom is 0.213 e. The van der Waals surface area contributed by atoms with Crippen LogP contribution in [-0.2, 0) is 0 Å². The highest BCUT2D eigenvalue weighted by atomic mass is 35.5. The fraction of sp³-hybridized carbons (Fsp3) is 0.130. The van der Waals surface area contributed by atoms with Crippen LogP contribution in [-0.4, -0.2) is 27.0 Å². The number of pyridine rings is 4. The molecular formula is C23H19ClN4O. The molecule has 0 bridgehead atoms. The molecule has 4 heterocycles. The third-order valence-corrected chi connectivity index (χ3v) is 5.01. The molecule has 144 valence electrons. The van der Waals surface area contributed by atoms with Crippen molar-refractivity contribution in [3.8, 4) is 5.88 Å². The van der Waals surface area contributed by atoms with Gasteiger partial charge in [0.25, 0.3) is 0 Å². The molecule has 0 N–H and O–H groups in total. The predicted octanol–water partition coefficient (Wildman–Crippen LogP) is 4.89. The summed E-state index contributed by atoms with van der Waals surface area (Å²) in [6.07, 6.45) is 9.02. The highest BCUT2D eigenvalue weighted by Gasteiger charge is 2.30. The molecule has 0 aliphatic heterocycles. The SMILES string of the molecule is COc1cccc(C(c2ccnc(Cl)c2)C(c2cccnc2)c2cccnc2)n1. The Morgan fingerprint density at radius 2 is 1.52 bits per heavy atom. The number of methoxy groups -OCH3 is 1. The van der Waals surface area contributed by atoms with Gasteiger partial charge < -0.3 is 4.74 Å². The van der Waals surface area contributed by atoms with E-state index in [0.29, 0.717) is 11.0 Å². The van der Waals surface area contributed by atoms with Gasteiger partial charge in [-0.05, 0) is 47.0 Å². The van der Waals surface area contributed by atoms with Crippen molar-refractivity contribution >= 4 is 11.6 Å². The van der Waals surface area contributed by atoms with Crippen molar-refractivity contribution in [2.24, 2.45) is 0 Å². The van der Waals surface area contributed by atoms with Gasteiger partial charge in [-0.25, -0.2) is 9.97 Å². The van der Waals surface area contributed by atoms with E-state index in [1.807, 2.05) is 54.9 Å². The van der Waals surface area contributed by atoms with Gasteiger partial charge in [-0.2, -0.15) is 0 Å².